The molecule has 160 valence electrons. The Bertz CT molecular complexity index is 1180. The van der Waals surface area contributed by atoms with E-state index in [0.717, 1.165) is 21.8 Å². The summed E-state index contributed by atoms with van der Waals surface area (Å²) in [6, 6.07) is 7.50. The standard InChI is InChI=1S/C22H22N4O5/c23-17(5-11-9-25-19-3-1-13(27)7-15(11)19)21(29)31-22(30)18(24)6-12-10-26-20-4-2-14(28)8-16(12)20/h1-4,7-10,17-18,25-28H,5-6,23-24H2/t17-,18-/m0/s1. The molecule has 0 unspecified atom stereocenters. The molecule has 31 heavy (non-hydrogen) atoms. The zero-order valence-electron chi connectivity index (χ0n) is 16.5. The van der Waals surface area contributed by atoms with Crippen molar-refractivity contribution in [3.63, 3.8) is 0 Å². The molecule has 8 N–H and O–H groups in total. The zero-order valence-corrected chi connectivity index (χ0v) is 16.5. The number of nitrogens with two attached hydrogens (primary N) is 2. The molecule has 2 aromatic heterocycles. The molecule has 0 amide bonds. The van der Waals surface area contributed by atoms with Crippen molar-refractivity contribution in [2.24, 2.45) is 11.5 Å². The van der Waals surface area contributed by atoms with Gasteiger partial charge in [0.2, 0.25) is 0 Å². The molecule has 2 heterocycles. The van der Waals surface area contributed by atoms with Crippen LogP contribution in [0.2, 0.25) is 0 Å². The van der Waals surface area contributed by atoms with Gasteiger partial charge < -0.3 is 36.4 Å². The van der Waals surface area contributed by atoms with E-state index in [4.69, 9.17) is 16.2 Å². The van der Waals surface area contributed by atoms with Crippen LogP contribution in [0.15, 0.2) is 48.8 Å². The first-order valence-corrected chi connectivity index (χ1v) is 9.66. The first kappa shape index (κ1) is 20.5. The molecule has 0 fully saturated rings. The Balaban J connectivity index is 1.39. The number of nitrogens with one attached hydrogen (secondary N) is 2. The summed E-state index contributed by atoms with van der Waals surface area (Å²) in [5.41, 5.74) is 14.9. The number of carbonyl (C=O) groups excluding carboxylic acids is 2. The predicted molar refractivity (Wildman–Crippen MR) is 114 cm³/mol. The molecule has 9 heteroatoms. The van der Waals surface area contributed by atoms with E-state index in [1.54, 1.807) is 48.8 Å². The molecule has 2 aromatic carbocycles. The van der Waals surface area contributed by atoms with E-state index in [2.05, 4.69) is 9.97 Å². The predicted octanol–water partition coefficient (Wildman–Crippen LogP) is 1.57. The van der Waals surface area contributed by atoms with E-state index in [9.17, 15) is 19.8 Å². The van der Waals surface area contributed by atoms with E-state index >= 15 is 0 Å². The van der Waals surface area contributed by atoms with Gasteiger partial charge in [-0.1, -0.05) is 0 Å². The van der Waals surface area contributed by atoms with Gasteiger partial charge in [0.1, 0.15) is 23.6 Å². The van der Waals surface area contributed by atoms with Gasteiger partial charge in [0.15, 0.2) is 0 Å². The molecular formula is C22H22N4O5. The maximum absolute atomic E-state index is 12.3. The second-order valence-corrected chi connectivity index (χ2v) is 7.45. The summed E-state index contributed by atoms with van der Waals surface area (Å²) in [6.45, 7) is 0. The highest BCUT2D eigenvalue weighted by molar-refractivity contribution is 5.92. The highest BCUT2D eigenvalue weighted by atomic mass is 16.6. The molecule has 4 rings (SSSR count). The number of esters is 2. The molecule has 0 radical (unpaired) electrons. The lowest BCUT2D eigenvalue weighted by molar-refractivity contribution is -0.161. The minimum atomic E-state index is -1.08. The third-order valence-electron chi connectivity index (χ3n) is 5.19. The average Bonchev–Trinajstić information content (AvgIpc) is 3.31. The maximum Gasteiger partial charge on any atom is 0.330 e. The molecule has 0 saturated heterocycles. The van der Waals surface area contributed by atoms with Crippen LogP contribution in [0.1, 0.15) is 11.1 Å². The molecule has 0 saturated carbocycles. The molecule has 0 aliphatic rings. The van der Waals surface area contributed by atoms with E-state index < -0.39 is 24.0 Å². The number of rotatable bonds is 6. The van der Waals surface area contributed by atoms with Gasteiger partial charge in [-0.25, -0.2) is 9.59 Å². The third-order valence-corrected chi connectivity index (χ3v) is 5.19. The number of aromatic amines is 2. The summed E-state index contributed by atoms with van der Waals surface area (Å²) in [5.74, 6) is -1.58. The number of ether oxygens (including phenoxy) is 1. The topological polar surface area (TPSA) is 167 Å². The van der Waals surface area contributed by atoms with Crippen LogP contribution in [0.5, 0.6) is 11.5 Å². The van der Waals surface area contributed by atoms with Gasteiger partial charge >= 0.3 is 11.9 Å². The lowest BCUT2D eigenvalue weighted by Gasteiger charge is -2.13. The number of benzene rings is 2. The van der Waals surface area contributed by atoms with Crippen LogP contribution in [-0.2, 0) is 27.2 Å². The van der Waals surface area contributed by atoms with E-state index in [0.29, 0.717) is 11.1 Å². The summed E-state index contributed by atoms with van der Waals surface area (Å²) < 4.78 is 4.90. The summed E-state index contributed by atoms with van der Waals surface area (Å²) in [5, 5.41) is 20.8. The van der Waals surface area contributed by atoms with Crippen LogP contribution in [-0.4, -0.2) is 44.2 Å². The molecule has 0 spiro atoms. The number of hydrogen-bond acceptors (Lipinski definition) is 7. The highest BCUT2D eigenvalue weighted by Crippen LogP contribution is 2.25. The summed E-state index contributed by atoms with van der Waals surface area (Å²) in [7, 11) is 0. The van der Waals surface area contributed by atoms with Gasteiger partial charge in [0.25, 0.3) is 0 Å². The molecule has 4 aromatic rings. The highest BCUT2D eigenvalue weighted by Gasteiger charge is 2.25. The lowest BCUT2D eigenvalue weighted by Crippen LogP contribution is -2.41. The lowest BCUT2D eigenvalue weighted by atomic mass is 10.0. The monoisotopic (exact) mass is 422 g/mol. The van der Waals surface area contributed by atoms with Crippen molar-refractivity contribution >= 4 is 33.7 Å². The molecule has 0 aliphatic heterocycles. The third kappa shape index (κ3) is 4.23. The van der Waals surface area contributed by atoms with Gasteiger partial charge in [0.05, 0.1) is 0 Å². The van der Waals surface area contributed by atoms with Crippen molar-refractivity contribution in [1.82, 2.24) is 9.97 Å². The zero-order chi connectivity index (χ0) is 22.1. The SMILES string of the molecule is N[C@@H](Cc1c[nH]c2ccc(O)cc12)C(=O)OC(=O)[C@@H](N)Cc1c[nH]c2ccc(O)cc12. The Hall–Kier alpha value is -3.82. The van der Waals surface area contributed by atoms with Crippen molar-refractivity contribution < 1.29 is 24.5 Å². The second-order valence-electron chi connectivity index (χ2n) is 7.45. The Morgan fingerprint density at radius 1 is 0.806 bits per heavy atom. The Morgan fingerprint density at radius 2 is 1.23 bits per heavy atom. The Kier molecular flexibility index (Phi) is 5.37. The van der Waals surface area contributed by atoms with Gasteiger partial charge in [-0.2, -0.15) is 0 Å². The molecule has 0 aliphatic carbocycles. The quantitative estimate of drug-likeness (QED) is 0.202. The van der Waals surface area contributed by atoms with Crippen molar-refractivity contribution in [2.45, 2.75) is 24.9 Å². The van der Waals surface area contributed by atoms with Crippen molar-refractivity contribution in [2.75, 3.05) is 0 Å². The minimum Gasteiger partial charge on any atom is -0.508 e. The molecule has 9 nitrogen and oxygen atoms in total. The maximum atomic E-state index is 12.3. The van der Waals surface area contributed by atoms with Gasteiger partial charge in [0, 0.05) is 47.0 Å². The minimum absolute atomic E-state index is 0.0937. The fourth-order valence-corrected chi connectivity index (χ4v) is 3.56. The Morgan fingerprint density at radius 3 is 1.65 bits per heavy atom. The summed E-state index contributed by atoms with van der Waals surface area (Å²) >= 11 is 0. The average molecular weight is 422 g/mol. The first-order chi connectivity index (χ1) is 14.8. The fourth-order valence-electron chi connectivity index (χ4n) is 3.56. The number of fused-ring (bicyclic) bond motifs is 2. The van der Waals surface area contributed by atoms with E-state index in [-0.39, 0.29) is 24.3 Å². The number of carbonyl (C=O) groups is 2. The number of aromatic hydroxyl groups is 2. The fraction of sp³-hybridized carbons (Fsp3) is 0.182. The van der Waals surface area contributed by atoms with Crippen LogP contribution >= 0.6 is 0 Å². The van der Waals surface area contributed by atoms with Crippen LogP contribution in [0.25, 0.3) is 21.8 Å². The normalized spacial score (nSPS) is 13.4. The number of phenolic OH excluding ortho intramolecular Hbond substituents is 2. The van der Waals surface area contributed by atoms with Gasteiger partial charge in [-0.05, 0) is 47.5 Å². The van der Waals surface area contributed by atoms with Crippen molar-refractivity contribution in [3.05, 3.63) is 59.9 Å². The number of H-pyrrole nitrogens is 2. The van der Waals surface area contributed by atoms with E-state index in [1.807, 2.05) is 0 Å². The molecule has 2 atom stereocenters. The first-order valence-electron chi connectivity index (χ1n) is 9.66. The van der Waals surface area contributed by atoms with Crippen molar-refractivity contribution in [1.29, 1.82) is 0 Å². The summed E-state index contributed by atoms with van der Waals surface area (Å²) in [4.78, 5) is 30.7. The van der Waals surface area contributed by atoms with Crippen LogP contribution in [0, 0.1) is 0 Å². The number of phenols is 2. The smallest absolute Gasteiger partial charge is 0.330 e. The Labute approximate surface area is 176 Å². The molecular weight excluding hydrogens is 400 g/mol. The van der Waals surface area contributed by atoms with Crippen molar-refractivity contribution in [3.8, 4) is 11.5 Å². The van der Waals surface area contributed by atoms with Gasteiger partial charge in [-0.3, -0.25) is 0 Å². The van der Waals surface area contributed by atoms with Crippen LogP contribution in [0.3, 0.4) is 0 Å². The summed E-state index contributed by atoms with van der Waals surface area (Å²) in [6.07, 6.45) is 3.62. The second kappa shape index (κ2) is 8.13. The van der Waals surface area contributed by atoms with Crippen LogP contribution in [0.4, 0.5) is 0 Å². The van der Waals surface area contributed by atoms with E-state index in [1.165, 1.54) is 0 Å². The van der Waals surface area contributed by atoms with Crippen LogP contribution < -0.4 is 11.5 Å². The molecule has 0 bridgehead atoms. The number of hydrogen-bond donors (Lipinski definition) is 6. The van der Waals surface area contributed by atoms with Gasteiger partial charge in [-0.15, -0.1) is 0 Å². The number of aromatic nitrogens is 2. The largest absolute Gasteiger partial charge is 0.508 e.